The van der Waals surface area contributed by atoms with Crippen LogP contribution in [0, 0.1) is 0 Å². The largest absolute Gasteiger partial charge is 0.493 e. The molecule has 0 aliphatic heterocycles. The maximum atomic E-state index is 12.5. The Balaban J connectivity index is 1.37. The number of rotatable bonds is 8. The molecule has 1 amide bonds. The van der Waals surface area contributed by atoms with E-state index >= 15 is 0 Å². The van der Waals surface area contributed by atoms with Gasteiger partial charge in [0.2, 0.25) is 5.13 Å². The van der Waals surface area contributed by atoms with Gasteiger partial charge in [0.15, 0.2) is 18.1 Å². The van der Waals surface area contributed by atoms with E-state index in [0.29, 0.717) is 22.4 Å². The summed E-state index contributed by atoms with van der Waals surface area (Å²) in [4.78, 5) is 16.5. The van der Waals surface area contributed by atoms with Gasteiger partial charge in [-0.3, -0.25) is 10.2 Å². The summed E-state index contributed by atoms with van der Waals surface area (Å²) in [6, 6.07) is 18.9. The number of carbonyl (C=O) groups is 1. The standard InChI is InChI=1S/C23H21N5O3S/c1-30-20-11-15(12-25-28-23-27-21(24)14-32-23)9-10-19(20)31-13-22(29)26-18-8-4-6-16-5-2-3-7-17(16)18/h2-12,14H,13,24H2,1H3,(H,26,29)(H,27,28). The van der Waals surface area contributed by atoms with Crippen molar-refractivity contribution in [2.45, 2.75) is 0 Å². The molecule has 0 unspecified atom stereocenters. The lowest BCUT2D eigenvalue weighted by molar-refractivity contribution is -0.118. The summed E-state index contributed by atoms with van der Waals surface area (Å²) < 4.78 is 11.1. The molecular weight excluding hydrogens is 426 g/mol. The fourth-order valence-corrected chi connectivity index (χ4v) is 3.60. The molecule has 0 aliphatic carbocycles. The molecule has 4 N–H and O–H groups in total. The van der Waals surface area contributed by atoms with Gasteiger partial charge in [0.1, 0.15) is 5.82 Å². The minimum atomic E-state index is -0.263. The predicted molar refractivity (Wildman–Crippen MR) is 129 cm³/mol. The van der Waals surface area contributed by atoms with Gasteiger partial charge in [0, 0.05) is 16.5 Å². The summed E-state index contributed by atoms with van der Waals surface area (Å²) in [6.45, 7) is -0.153. The van der Waals surface area contributed by atoms with E-state index in [1.165, 1.54) is 18.4 Å². The maximum absolute atomic E-state index is 12.5. The summed E-state index contributed by atoms with van der Waals surface area (Å²) in [5.41, 5.74) is 9.92. The molecule has 162 valence electrons. The number of aromatic nitrogens is 1. The maximum Gasteiger partial charge on any atom is 0.262 e. The third-order valence-corrected chi connectivity index (χ3v) is 5.27. The summed E-state index contributed by atoms with van der Waals surface area (Å²) in [7, 11) is 1.54. The Hall–Kier alpha value is -4.11. The lowest BCUT2D eigenvalue weighted by Gasteiger charge is -2.12. The molecule has 8 nitrogen and oxygen atoms in total. The highest BCUT2D eigenvalue weighted by atomic mass is 32.1. The van der Waals surface area contributed by atoms with Gasteiger partial charge in [-0.2, -0.15) is 5.10 Å². The number of benzene rings is 3. The Labute approximate surface area is 188 Å². The molecule has 9 heteroatoms. The van der Waals surface area contributed by atoms with E-state index in [1.807, 2.05) is 48.5 Å². The molecular formula is C23H21N5O3S. The van der Waals surface area contributed by atoms with Gasteiger partial charge in [0.25, 0.3) is 5.91 Å². The Bertz CT molecular complexity index is 1270. The minimum Gasteiger partial charge on any atom is -0.493 e. The number of anilines is 3. The second-order valence-corrected chi connectivity index (χ2v) is 7.58. The van der Waals surface area contributed by atoms with Crippen molar-refractivity contribution in [1.82, 2.24) is 4.98 Å². The first-order chi connectivity index (χ1) is 15.6. The van der Waals surface area contributed by atoms with Gasteiger partial charge < -0.3 is 20.5 Å². The predicted octanol–water partition coefficient (Wildman–Crippen LogP) is 4.35. The van der Waals surface area contributed by atoms with Crippen molar-refractivity contribution in [2.24, 2.45) is 5.10 Å². The first-order valence-corrected chi connectivity index (χ1v) is 10.6. The Morgan fingerprint density at radius 2 is 2.00 bits per heavy atom. The van der Waals surface area contributed by atoms with Crippen molar-refractivity contribution in [2.75, 3.05) is 30.2 Å². The molecule has 4 rings (SSSR count). The molecule has 1 heterocycles. The van der Waals surface area contributed by atoms with E-state index in [1.54, 1.807) is 23.7 Å². The highest BCUT2D eigenvalue weighted by Crippen LogP contribution is 2.28. The summed E-state index contributed by atoms with van der Waals surface area (Å²) in [5.74, 6) is 1.13. The van der Waals surface area contributed by atoms with Gasteiger partial charge in [-0.1, -0.05) is 36.4 Å². The zero-order valence-electron chi connectivity index (χ0n) is 17.2. The number of nitrogens with two attached hydrogens (primary N) is 1. The molecule has 0 saturated carbocycles. The number of hydrogen-bond donors (Lipinski definition) is 3. The Kier molecular flexibility index (Phi) is 6.47. The van der Waals surface area contributed by atoms with E-state index in [9.17, 15) is 4.79 Å². The number of thiazole rings is 1. The number of fused-ring (bicyclic) bond motifs is 1. The molecule has 32 heavy (non-hydrogen) atoms. The molecule has 1 aromatic heterocycles. The third kappa shape index (κ3) is 5.13. The van der Waals surface area contributed by atoms with Gasteiger partial charge in [-0.25, -0.2) is 4.98 Å². The van der Waals surface area contributed by atoms with E-state index in [-0.39, 0.29) is 12.5 Å². The first kappa shape index (κ1) is 21.1. The van der Waals surface area contributed by atoms with Crippen LogP contribution in [0.5, 0.6) is 11.5 Å². The van der Waals surface area contributed by atoms with Crippen LogP contribution in [0.25, 0.3) is 10.8 Å². The lowest BCUT2D eigenvalue weighted by atomic mass is 10.1. The second-order valence-electron chi connectivity index (χ2n) is 6.72. The highest BCUT2D eigenvalue weighted by molar-refractivity contribution is 7.14. The van der Waals surface area contributed by atoms with E-state index in [4.69, 9.17) is 15.2 Å². The molecule has 3 aromatic carbocycles. The highest BCUT2D eigenvalue weighted by Gasteiger charge is 2.10. The van der Waals surface area contributed by atoms with E-state index in [0.717, 1.165) is 22.0 Å². The number of nitrogens with zero attached hydrogens (tertiary/aromatic N) is 2. The van der Waals surface area contributed by atoms with Gasteiger partial charge >= 0.3 is 0 Å². The molecule has 0 fully saturated rings. The average molecular weight is 448 g/mol. The smallest absolute Gasteiger partial charge is 0.262 e. The normalized spacial score (nSPS) is 10.9. The summed E-state index contributed by atoms with van der Waals surface area (Å²) in [6.07, 6.45) is 1.62. The van der Waals surface area contributed by atoms with Crippen molar-refractivity contribution in [3.63, 3.8) is 0 Å². The Morgan fingerprint density at radius 1 is 1.16 bits per heavy atom. The zero-order chi connectivity index (χ0) is 22.3. The van der Waals surface area contributed by atoms with Crippen molar-refractivity contribution in [3.05, 3.63) is 71.6 Å². The topological polar surface area (TPSA) is 111 Å². The number of amides is 1. The van der Waals surface area contributed by atoms with Gasteiger partial charge in [-0.05, 0) is 35.2 Å². The number of methoxy groups -OCH3 is 1. The molecule has 0 atom stereocenters. The van der Waals surface area contributed by atoms with Crippen molar-refractivity contribution in [1.29, 1.82) is 0 Å². The quantitative estimate of drug-likeness (QED) is 0.274. The first-order valence-electron chi connectivity index (χ1n) is 9.71. The van der Waals surface area contributed by atoms with E-state index < -0.39 is 0 Å². The zero-order valence-corrected chi connectivity index (χ0v) is 18.1. The lowest BCUT2D eigenvalue weighted by Crippen LogP contribution is -2.20. The number of carbonyl (C=O) groups excluding carboxylic acids is 1. The number of nitrogens with one attached hydrogen (secondary N) is 2. The summed E-state index contributed by atoms with van der Waals surface area (Å²) >= 11 is 1.36. The van der Waals surface area contributed by atoms with Crippen LogP contribution in [-0.2, 0) is 4.79 Å². The monoisotopic (exact) mass is 447 g/mol. The number of ether oxygens (including phenoxy) is 2. The fourth-order valence-electron chi connectivity index (χ4n) is 3.05. The summed E-state index contributed by atoms with van der Waals surface area (Å²) in [5, 5.41) is 11.4. The van der Waals surface area contributed by atoms with Gasteiger partial charge in [0.05, 0.1) is 13.3 Å². The fraction of sp³-hybridized carbons (Fsp3) is 0.0870. The van der Waals surface area contributed by atoms with Crippen LogP contribution in [0.2, 0.25) is 0 Å². The minimum absolute atomic E-state index is 0.153. The molecule has 0 saturated heterocycles. The molecule has 0 bridgehead atoms. The SMILES string of the molecule is COc1cc(C=NNc2nc(N)cs2)ccc1OCC(=O)Nc1cccc2ccccc12. The Morgan fingerprint density at radius 3 is 2.81 bits per heavy atom. The van der Waals surface area contributed by atoms with Crippen molar-refractivity contribution in [3.8, 4) is 11.5 Å². The second kappa shape index (κ2) is 9.80. The number of hydrazone groups is 1. The van der Waals surface area contributed by atoms with Crippen LogP contribution < -0.4 is 25.9 Å². The van der Waals surface area contributed by atoms with Crippen LogP contribution in [0.3, 0.4) is 0 Å². The van der Waals surface area contributed by atoms with Crippen LogP contribution in [0.4, 0.5) is 16.6 Å². The third-order valence-electron chi connectivity index (χ3n) is 4.51. The van der Waals surface area contributed by atoms with Gasteiger partial charge in [-0.15, -0.1) is 11.3 Å². The molecule has 0 spiro atoms. The number of hydrogen-bond acceptors (Lipinski definition) is 8. The van der Waals surface area contributed by atoms with E-state index in [2.05, 4.69) is 20.8 Å². The molecule has 4 aromatic rings. The van der Waals surface area contributed by atoms with Crippen LogP contribution >= 0.6 is 11.3 Å². The molecule has 0 radical (unpaired) electrons. The van der Waals surface area contributed by atoms with Crippen molar-refractivity contribution >= 4 is 50.9 Å². The van der Waals surface area contributed by atoms with Crippen LogP contribution in [-0.4, -0.2) is 30.8 Å². The number of nitrogen functional groups attached to an aromatic ring is 1. The van der Waals surface area contributed by atoms with Crippen LogP contribution in [0.1, 0.15) is 5.56 Å². The average Bonchev–Trinajstić information content (AvgIpc) is 3.23. The van der Waals surface area contributed by atoms with Crippen molar-refractivity contribution < 1.29 is 14.3 Å². The van der Waals surface area contributed by atoms with Crippen LogP contribution in [0.15, 0.2) is 71.1 Å². The molecule has 0 aliphatic rings.